The maximum atomic E-state index is 14.1. The Labute approximate surface area is 167 Å². The van der Waals surface area contributed by atoms with Crippen molar-refractivity contribution in [2.75, 3.05) is 42.6 Å². The highest BCUT2D eigenvalue weighted by molar-refractivity contribution is 6.08. The van der Waals surface area contributed by atoms with Crippen molar-refractivity contribution in [3.63, 3.8) is 0 Å². The average Bonchev–Trinajstić information content (AvgIpc) is 3.13. The van der Waals surface area contributed by atoms with Crippen LogP contribution in [0.2, 0.25) is 0 Å². The number of anilines is 2. The fourth-order valence-corrected chi connectivity index (χ4v) is 4.02. The summed E-state index contributed by atoms with van der Waals surface area (Å²) in [5.74, 6) is 1.54. The Balaban J connectivity index is 1.45. The molecule has 0 bridgehead atoms. The van der Waals surface area contributed by atoms with Crippen LogP contribution in [0.25, 0.3) is 21.9 Å². The van der Waals surface area contributed by atoms with E-state index >= 15 is 0 Å². The Morgan fingerprint density at radius 3 is 2.62 bits per heavy atom. The normalized spacial score (nSPS) is 14.7. The van der Waals surface area contributed by atoms with Crippen molar-refractivity contribution in [2.45, 2.75) is 6.92 Å². The number of aromatic amines is 1. The smallest absolute Gasteiger partial charge is 0.156 e. The Morgan fingerprint density at radius 1 is 1.03 bits per heavy atom. The molecule has 0 unspecified atom stereocenters. The molecule has 148 valence electrons. The minimum Gasteiger partial charge on any atom is -0.494 e. The number of nitrogens with one attached hydrogen (secondary N) is 1. The molecule has 6 nitrogen and oxygen atoms in total. The molecule has 1 saturated heterocycles. The number of halogens is 1. The minimum atomic E-state index is -0.175. The number of H-pyrrole nitrogens is 1. The van der Waals surface area contributed by atoms with E-state index < -0.39 is 0 Å². The first-order valence-electron chi connectivity index (χ1n) is 9.88. The molecule has 29 heavy (non-hydrogen) atoms. The number of ether oxygens (including phenoxy) is 1. The molecule has 7 heteroatoms. The van der Waals surface area contributed by atoms with Gasteiger partial charge in [0.2, 0.25) is 0 Å². The first kappa shape index (κ1) is 17.7. The van der Waals surface area contributed by atoms with Crippen molar-refractivity contribution in [1.29, 1.82) is 0 Å². The van der Waals surface area contributed by atoms with Gasteiger partial charge in [0.15, 0.2) is 5.82 Å². The Kier molecular flexibility index (Phi) is 4.42. The maximum absolute atomic E-state index is 14.1. The van der Waals surface area contributed by atoms with Crippen molar-refractivity contribution in [3.05, 3.63) is 54.6 Å². The average molecular weight is 391 g/mol. The second kappa shape index (κ2) is 7.24. The molecule has 0 saturated carbocycles. The van der Waals surface area contributed by atoms with Crippen LogP contribution < -0.4 is 14.5 Å². The second-order valence-corrected chi connectivity index (χ2v) is 7.11. The van der Waals surface area contributed by atoms with E-state index in [-0.39, 0.29) is 5.82 Å². The molecule has 5 rings (SSSR count). The van der Waals surface area contributed by atoms with Gasteiger partial charge in [-0.25, -0.2) is 14.4 Å². The molecule has 1 fully saturated rings. The number of para-hydroxylation sites is 1. The fraction of sp³-hybridized carbons (Fsp3) is 0.273. The number of hydrogen-bond acceptors (Lipinski definition) is 5. The largest absolute Gasteiger partial charge is 0.494 e. The van der Waals surface area contributed by atoms with Crippen molar-refractivity contribution in [2.24, 2.45) is 0 Å². The summed E-state index contributed by atoms with van der Waals surface area (Å²) >= 11 is 0. The molecule has 1 aliphatic rings. The third-order valence-corrected chi connectivity index (χ3v) is 5.42. The van der Waals surface area contributed by atoms with Crippen LogP contribution in [0.4, 0.5) is 15.9 Å². The van der Waals surface area contributed by atoms with Gasteiger partial charge in [-0.15, -0.1) is 0 Å². The quantitative estimate of drug-likeness (QED) is 0.570. The van der Waals surface area contributed by atoms with E-state index in [4.69, 9.17) is 4.74 Å². The van der Waals surface area contributed by atoms with Crippen LogP contribution in [0.1, 0.15) is 6.92 Å². The maximum Gasteiger partial charge on any atom is 0.156 e. The van der Waals surface area contributed by atoms with Gasteiger partial charge in [0.25, 0.3) is 0 Å². The number of piperazine rings is 1. The molecular formula is C22H22FN5O. The summed E-state index contributed by atoms with van der Waals surface area (Å²) in [6.07, 6.45) is 1.61. The third kappa shape index (κ3) is 3.12. The highest BCUT2D eigenvalue weighted by atomic mass is 19.1. The van der Waals surface area contributed by atoms with E-state index in [1.54, 1.807) is 12.4 Å². The summed E-state index contributed by atoms with van der Waals surface area (Å²) in [5, 5.41) is 1.03. The number of hydrogen-bond donors (Lipinski definition) is 1. The van der Waals surface area contributed by atoms with Crippen LogP contribution in [0.5, 0.6) is 5.75 Å². The van der Waals surface area contributed by atoms with Gasteiger partial charge < -0.3 is 19.5 Å². The summed E-state index contributed by atoms with van der Waals surface area (Å²) in [6, 6.07) is 12.9. The third-order valence-electron chi connectivity index (χ3n) is 5.42. The van der Waals surface area contributed by atoms with Gasteiger partial charge >= 0.3 is 0 Å². The van der Waals surface area contributed by atoms with Crippen molar-refractivity contribution in [3.8, 4) is 5.75 Å². The molecule has 0 radical (unpaired) electrons. The van der Waals surface area contributed by atoms with E-state index in [9.17, 15) is 4.39 Å². The molecular weight excluding hydrogens is 369 g/mol. The van der Waals surface area contributed by atoms with Crippen LogP contribution in [-0.2, 0) is 0 Å². The van der Waals surface area contributed by atoms with Crippen molar-refractivity contribution < 1.29 is 9.13 Å². The fourth-order valence-electron chi connectivity index (χ4n) is 4.02. The summed E-state index contributed by atoms with van der Waals surface area (Å²) in [6.45, 7) is 5.60. The number of rotatable bonds is 4. The van der Waals surface area contributed by atoms with E-state index in [0.29, 0.717) is 12.3 Å². The van der Waals surface area contributed by atoms with Crippen LogP contribution in [0.15, 0.2) is 48.8 Å². The first-order chi connectivity index (χ1) is 14.2. The van der Waals surface area contributed by atoms with Crippen LogP contribution in [-0.4, -0.2) is 47.7 Å². The topological polar surface area (TPSA) is 57.3 Å². The minimum absolute atomic E-state index is 0.175. The molecule has 0 amide bonds. The highest BCUT2D eigenvalue weighted by Crippen LogP contribution is 2.32. The number of benzene rings is 2. The number of aromatic nitrogens is 3. The van der Waals surface area contributed by atoms with E-state index in [1.165, 1.54) is 6.07 Å². The first-order valence-corrected chi connectivity index (χ1v) is 9.88. The molecule has 0 spiro atoms. The van der Waals surface area contributed by atoms with Gasteiger partial charge in [-0.1, -0.05) is 12.1 Å². The van der Waals surface area contributed by atoms with Gasteiger partial charge in [-0.3, -0.25) is 0 Å². The molecule has 0 aliphatic carbocycles. The molecule has 2 aromatic carbocycles. The summed E-state index contributed by atoms with van der Waals surface area (Å²) < 4.78 is 19.8. The molecule has 1 N–H and O–H groups in total. The lowest BCUT2D eigenvalue weighted by Gasteiger charge is -2.36. The summed E-state index contributed by atoms with van der Waals surface area (Å²) in [4.78, 5) is 16.9. The Morgan fingerprint density at radius 2 is 1.83 bits per heavy atom. The Bertz CT molecular complexity index is 1170. The van der Waals surface area contributed by atoms with Gasteiger partial charge in [0.05, 0.1) is 12.3 Å². The Hall–Kier alpha value is -3.35. The summed E-state index contributed by atoms with van der Waals surface area (Å²) in [5.41, 5.74) is 3.49. The van der Waals surface area contributed by atoms with Crippen LogP contribution in [0, 0.1) is 5.82 Å². The second-order valence-electron chi connectivity index (χ2n) is 7.11. The van der Waals surface area contributed by atoms with Crippen molar-refractivity contribution in [1.82, 2.24) is 15.0 Å². The lowest BCUT2D eigenvalue weighted by molar-refractivity contribution is 0.341. The highest BCUT2D eigenvalue weighted by Gasteiger charge is 2.23. The van der Waals surface area contributed by atoms with E-state index in [0.717, 1.165) is 59.7 Å². The standard InChI is InChI=1S/C22H22FN5O/c1-2-29-15-7-8-18-16(13-15)20-21(26-18)22(25-14-24-20)28-11-9-27(10-12-28)19-6-4-3-5-17(19)23/h3-8,13-14,26H,2,9-12H2,1H3. The predicted molar refractivity (Wildman–Crippen MR) is 113 cm³/mol. The van der Waals surface area contributed by atoms with Crippen LogP contribution in [0.3, 0.4) is 0 Å². The lowest BCUT2D eigenvalue weighted by atomic mass is 10.2. The van der Waals surface area contributed by atoms with E-state index in [2.05, 4.69) is 24.8 Å². The molecule has 2 aromatic heterocycles. The molecule has 0 atom stereocenters. The van der Waals surface area contributed by atoms with Gasteiger partial charge in [0, 0.05) is 37.1 Å². The monoisotopic (exact) mass is 391 g/mol. The zero-order valence-corrected chi connectivity index (χ0v) is 16.2. The van der Waals surface area contributed by atoms with E-state index in [1.807, 2.05) is 37.3 Å². The molecule has 4 aromatic rings. The van der Waals surface area contributed by atoms with Crippen LogP contribution >= 0.6 is 0 Å². The number of fused-ring (bicyclic) bond motifs is 3. The zero-order chi connectivity index (χ0) is 19.8. The van der Waals surface area contributed by atoms with Gasteiger partial charge in [-0.05, 0) is 37.3 Å². The molecule has 3 heterocycles. The predicted octanol–water partition coefficient (Wildman–Crippen LogP) is 3.98. The van der Waals surface area contributed by atoms with Crippen molar-refractivity contribution >= 4 is 33.4 Å². The molecule has 1 aliphatic heterocycles. The number of nitrogens with zero attached hydrogens (tertiary/aromatic N) is 4. The SMILES string of the molecule is CCOc1ccc2[nH]c3c(N4CCN(c5ccccc5F)CC4)ncnc3c2c1. The van der Waals surface area contributed by atoms with Gasteiger partial charge in [-0.2, -0.15) is 0 Å². The van der Waals surface area contributed by atoms with Gasteiger partial charge in [0.1, 0.15) is 28.9 Å². The summed E-state index contributed by atoms with van der Waals surface area (Å²) in [7, 11) is 0. The zero-order valence-electron chi connectivity index (χ0n) is 16.2. The lowest BCUT2D eigenvalue weighted by Crippen LogP contribution is -2.47.